The summed E-state index contributed by atoms with van der Waals surface area (Å²) in [6, 6.07) is 14.1. The normalized spacial score (nSPS) is 14.0. The number of hydrogen-bond donors (Lipinski definition) is 1. The molecule has 0 saturated carbocycles. The predicted molar refractivity (Wildman–Crippen MR) is 107 cm³/mol. The van der Waals surface area contributed by atoms with Gasteiger partial charge in [0.2, 0.25) is 0 Å². The highest BCUT2D eigenvalue weighted by atomic mass is 35.5. The van der Waals surface area contributed by atoms with Crippen molar-refractivity contribution < 1.29 is 14.1 Å². The smallest absolute Gasteiger partial charge is 0.261 e. The quantitative estimate of drug-likeness (QED) is 0.678. The van der Waals surface area contributed by atoms with Crippen LogP contribution in [0.25, 0.3) is 11.1 Å². The summed E-state index contributed by atoms with van der Waals surface area (Å²) >= 11 is 0. The molecule has 0 fully saturated rings. The Labute approximate surface area is 168 Å². The third-order valence-corrected chi connectivity index (χ3v) is 4.92. The largest absolute Gasteiger partial charge is 0.361 e. The summed E-state index contributed by atoms with van der Waals surface area (Å²) in [6.45, 7) is 3.90. The molecule has 28 heavy (non-hydrogen) atoms. The third-order valence-electron chi connectivity index (χ3n) is 4.92. The van der Waals surface area contributed by atoms with E-state index in [1.165, 1.54) is 4.90 Å². The molecule has 1 unspecified atom stereocenters. The van der Waals surface area contributed by atoms with Crippen LogP contribution in [0.3, 0.4) is 0 Å². The number of amides is 2. The van der Waals surface area contributed by atoms with E-state index in [0.717, 1.165) is 28.1 Å². The highest BCUT2D eigenvalue weighted by molar-refractivity contribution is 6.21. The number of halogens is 1. The second kappa shape index (κ2) is 7.58. The molecule has 2 heterocycles. The molecule has 2 amide bonds. The van der Waals surface area contributed by atoms with Gasteiger partial charge in [0.25, 0.3) is 11.8 Å². The standard InChI is InChI=1S/C21H19N3O3.ClH/c1-12-19(13(2)27-23-12)15-9-7-14(8-10-15)18(22)11-24-20(25)16-5-3-4-6-17(16)21(24)26;/h3-10,18H,11,22H2,1-2H3;1H. The molecule has 0 radical (unpaired) electrons. The van der Waals surface area contributed by atoms with Crippen molar-refractivity contribution in [3.8, 4) is 11.1 Å². The van der Waals surface area contributed by atoms with E-state index in [4.69, 9.17) is 10.3 Å². The second-order valence-electron chi connectivity index (χ2n) is 6.69. The van der Waals surface area contributed by atoms with E-state index in [2.05, 4.69) is 5.16 Å². The number of benzene rings is 2. The minimum Gasteiger partial charge on any atom is -0.361 e. The number of nitrogens with zero attached hydrogens (tertiary/aromatic N) is 2. The molecule has 6 nitrogen and oxygen atoms in total. The topological polar surface area (TPSA) is 89.4 Å². The number of imide groups is 1. The first-order valence-corrected chi connectivity index (χ1v) is 8.71. The summed E-state index contributed by atoms with van der Waals surface area (Å²) in [5.41, 5.74) is 10.8. The fourth-order valence-corrected chi connectivity index (χ4v) is 3.50. The second-order valence-corrected chi connectivity index (χ2v) is 6.69. The van der Waals surface area contributed by atoms with Gasteiger partial charge in [-0.2, -0.15) is 0 Å². The van der Waals surface area contributed by atoms with Gasteiger partial charge in [0.05, 0.1) is 16.8 Å². The summed E-state index contributed by atoms with van der Waals surface area (Å²) in [7, 11) is 0. The Morgan fingerprint density at radius 1 is 1.00 bits per heavy atom. The summed E-state index contributed by atoms with van der Waals surface area (Å²) in [6.07, 6.45) is 0. The van der Waals surface area contributed by atoms with Crippen LogP contribution >= 0.6 is 12.4 Å². The molecule has 1 aliphatic heterocycles. The average Bonchev–Trinajstić information content (AvgIpc) is 3.14. The number of carbonyl (C=O) groups excluding carboxylic acids is 2. The first-order valence-electron chi connectivity index (χ1n) is 8.71. The highest BCUT2D eigenvalue weighted by Gasteiger charge is 2.35. The maximum atomic E-state index is 12.5. The predicted octanol–water partition coefficient (Wildman–Crippen LogP) is 3.68. The Hall–Kier alpha value is -2.96. The van der Waals surface area contributed by atoms with Crippen LogP contribution in [0, 0.1) is 13.8 Å². The number of aromatic nitrogens is 1. The molecule has 7 heteroatoms. The lowest BCUT2D eigenvalue weighted by Gasteiger charge is -2.19. The minimum atomic E-state index is -0.467. The lowest BCUT2D eigenvalue weighted by Crippen LogP contribution is -2.36. The molecule has 4 rings (SSSR count). The zero-order valence-electron chi connectivity index (χ0n) is 15.5. The van der Waals surface area contributed by atoms with Crippen LogP contribution in [0.2, 0.25) is 0 Å². The van der Waals surface area contributed by atoms with Crippen molar-refractivity contribution in [1.82, 2.24) is 10.1 Å². The van der Waals surface area contributed by atoms with Crippen molar-refractivity contribution in [2.45, 2.75) is 19.9 Å². The molecule has 0 aliphatic carbocycles. The average molecular weight is 398 g/mol. The zero-order valence-corrected chi connectivity index (χ0v) is 16.3. The van der Waals surface area contributed by atoms with Gasteiger partial charge in [-0.3, -0.25) is 14.5 Å². The van der Waals surface area contributed by atoms with E-state index in [9.17, 15) is 9.59 Å². The Morgan fingerprint density at radius 3 is 2.07 bits per heavy atom. The van der Waals surface area contributed by atoms with Gasteiger partial charge in [0.1, 0.15) is 5.76 Å². The first-order chi connectivity index (χ1) is 13.0. The van der Waals surface area contributed by atoms with Crippen LogP contribution in [-0.4, -0.2) is 28.4 Å². The Kier molecular flexibility index (Phi) is 5.36. The molecular weight excluding hydrogens is 378 g/mol. The number of fused-ring (bicyclic) bond motifs is 1. The molecule has 2 aromatic carbocycles. The fourth-order valence-electron chi connectivity index (χ4n) is 3.50. The number of aryl methyl sites for hydroxylation is 2. The number of carbonyl (C=O) groups is 2. The number of hydrogen-bond acceptors (Lipinski definition) is 5. The maximum Gasteiger partial charge on any atom is 0.261 e. The Balaban J connectivity index is 0.00000225. The van der Waals surface area contributed by atoms with Crippen molar-refractivity contribution >= 4 is 24.2 Å². The monoisotopic (exact) mass is 397 g/mol. The molecule has 0 bridgehead atoms. The van der Waals surface area contributed by atoms with Crippen molar-refractivity contribution in [2.75, 3.05) is 6.54 Å². The van der Waals surface area contributed by atoms with Gasteiger partial charge in [-0.25, -0.2) is 0 Å². The van der Waals surface area contributed by atoms with Gasteiger partial charge in [0, 0.05) is 18.2 Å². The molecule has 1 aromatic heterocycles. The van der Waals surface area contributed by atoms with Gasteiger partial charge in [-0.1, -0.05) is 41.6 Å². The molecule has 3 aromatic rings. The molecule has 0 spiro atoms. The molecule has 144 valence electrons. The van der Waals surface area contributed by atoms with Crippen LogP contribution in [0.4, 0.5) is 0 Å². The van der Waals surface area contributed by atoms with Crippen molar-refractivity contribution in [3.05, 3.63) is 76.7 Å². The lowest BCUT2D eigenvalue weighted by atomic mass is 10.00. The molecular formula is C21H20ClN3O3. The van der Waals surface area contributed by atoms with Gasteiger partial charge < -0.3 is 10.3 Å². The van der Waals surface area contributed by atoms with E-state index in [1.54, 1.807) is 24.3 Å². The maximum absolute atomic E-state index is 12.5. The Bertz CT molecular complexity index is 989. The van der Waals surface area contributed by atoms with Crippen LogP contribution in [0.15, 0.2) is 53.1 Å². The Morgan fingerprint density at radius 2 is 1.57 bits per heavy atom. The molecule has 1 aliphatic rings. The minimum absolute atomic E-state index is 0. The third kappa shape index (κ3) is 3.21. The zero-order chi connectivity index (χ0) is 19.1. The summed E-state index contributed by atoms with van der Waals surface area (Å²) < 4.78 is 5.21. The van der Waals surface area contributed by atoms with E-state index in [-0.39, 0.29) is 30.8 Å². The highest BCUT2D eigenvalue weighted by Crippen LogP contribution is 2.29. The first kappa shape index (κ1) is 19.8. The van der Waals surface area contributed by atoms with Gasteiger partial charge >= 0.3 is 0 Å². The van der Waals surface area contributed by atoms with Crippen molar-refractivity contribution in [3.63, 3.8) is 0 Å². The van der Waals surface area contributed by atoms with Crippen molar-refractivity contribution in [1.29, 1.82) is 0 Å². The fraction of sp³-hybridized carbons (Fsp3) is 0.190. The van der Waals surface area contributed by atoms with E-state index >= 15 is 0 Å². The summed E-state index contributed by atoms with van der Waals surface area (Å²) in [4.78, 5) is 26.2. The molecule has 1 atom stereocenters. The van der Waals surface area contributed by atoms with Gasteiger partial charge in [0.15, 0.2) is 0 Å². The number of rotatable bonds is 4. The summed E-state index contributed by atoms with van der Waals surface area (Å²) in [5, 5.41) is 3.97. The number of nitrogens with two attached hydrogens (primary N) is 1. The van der Waals surface area contributed by atoms with E-state index in [0.29, 0.717) is 11.1 Å². The van der Waals surface area contributed by atoms with Crippen LogP contribution < -0.4 is 5.73 Å². The van der Waals surface area contributed by atoms with Gasteiger partial charge in [-0.05, 0) is 37.1 Å². The molecule has 0 saturated heterocycles. The van der Waals surface area contributed by atoms with Crippen LogP contribution in [0.5, 0.6) is 0 Å². The molecule has 2 N–H and O–H groups in total. The lowest BCUT2D eigenvalue weighted by molar-refractivity contribution is 0.0644. The van der Waals surface area contributed by atoms with E-state index in [1.807, 2.05) is 38.1 Å². The van der Waals surface area contributed by atoms with Crippen LogP contribution in [-0.2, 0) is 0 Å². The summed E-state index contributed by atoms with van der Waals surface area (Å²) in [5.74, 6) is 0.173. The van der Waals surface area contributed by atoms with Crippen molar-refractivity contribution in [2.24, 2.45) is 5.73 Å². The van der Waals surface area contributed by atoms with E-state index < -0.39 is 6.04 Å². The van der Waals surface area contributed by atoms with Crippen LogP contribution in [0.1, 0.15) is 43.8 Å². The van der Waals surface area contributed by atoms with Gasteiger partial charge in [-0.15, -0.1) is 12.4 Å². The SMILES string of the molecule is Cc1noc(C)c1-c1ccc(C(N)CN2C(=O)c3ccccc3C2=O)cc1.Cl.